The van der Waals surface area contributed by atoms with Crippen molar-refractivity contribution >= 4 is 16.9 Å². The fourth-order valence-electron chi connectivity index (χ4n) is 3.19. The highest BCUT2D eigenvalue weighted by Gasteiger charge is 2.26. The van der Waals surface area contributed by atoms with Gasteiger partial charge in [0.1, 0.15) is 11.2 Å². The van der Waals surface area contributed by atoms with Crippen LogP contribution in [-0.2, 0) is 7.05 Å². The van der Waals surface area contributed by atoms with E-state index in [1.807, 2.05) is 12.1 Å². The summed E-state index contributed by atoms with van der Waals surface area (Å²) in [7, 11) is 5.54. The van der Waals surface area contributed by atoms with E-state index < -0.39 is 0 Å². The Morgan fingerprint density at radius 2 is 2.00 bits per heavy atom. The van der Waals surface area contributed by atoms with Crippen LogP contribution in [0.1, 0.15) is 23.2 Å². The molecule has 1 fully saturated rings. The lowest BCUT2D eigenvalue weighted by Crippen LogP contribution is -2.45. The molecule has 3 heterocycles. The van der Waals surface area contributed by atoms with Crippen LogP contribution >= 0.6 is 0 Å². The summed E-state index contributed by atoms with van der Waals surface area (Å²) < 4.78 is 1.45. The topological polar surface area (TPSA) is 58.4 Å². The monoisotopic (exact) mass is 314 g/mol. The minimum Gasteiger partial charge on any atom is -0.338 e. The van der Waals surface area contributed by atoms with Crippen molar-refractivity contribution in [1.29, 1.82) is 0 Å². The zero-order valence-electron chi connectivity index (χ0n) is 13.8. The van der Waals surface area contributed by atoms with Crippen LogP contribution < -0.4 is 5.56 Å². The highest BCUT2D eigenvalue weighted by Crippen LogP contribution is 2.17. The summed E-state index contributed by atoms with van der Waals surface area (Å²) in [5, 5.41) is 0.801. The van der Waals surface area contributed by atoms with Gasteiger partial charge in [-0.05, 0) is 51.2 Å². The number of carbonyl (C=O) groups is 1. The molecule has 23 heavy (non-hydrogen) atoms. The molecule has 1 aliphatic rings. The summed E-state index contributed by atoms with van der Waals surface area (Å²) >= 11 is 0. The summed E-state index contributed by atoms with van der Waals surface area (Å²) in [6, 6.07) is 5.53. The van der Waals surface area contributed by atoms with Gasteiger partial charge in [0.25, 0.3) is 11.5 Å². The Morgan fingerprint density at radius 1 is 1.30 bits per heavy atom. The molecular weight excluding hydrogens is 292 g/mol. The van der Waals surface area contributed by atoms with Crippen molar-refractivity contribution in [2.45, 2.75) is 18.9 Å². The Morgan fingerprint density at radius 3 is 2.70 bits per heavy atom. The molecule has 0 atom stereocenters. The third-order valence-electron chi connectivity index (χ3n) is 4.76. The van der Waals surface area contributed by atoms with Crippen molar-refractivity contribution in [3.63, 3.8) is 0 Å². The van der Waals surface area contributed by atoms with E-state index in [-0.39, 0.29) is 23.1 Å². The van der Waals surface area contributed by atoms with Gasteiger partial charge in [0, 0.05) is 31.7 Å². The minimum absolute atomic E-state index is 0.188. The van der Waals surface area contributed by atoms with Crippen molar-refractivity contribution in [2.24, 2.45) is 7.05 Å². The van der Waals surface area contributed by atoms with E-state index in [0.29, 0.717) is 5.65 Å². The number of hydrogen-bond acceptors (Lipinski definition) is 4. The summed E-state index contributed by atoms with van der Waals surface area (Å²) in [5.74, 6) is -0.203. The maximum Gasteiger partial charge on any atom is 0.264 e. The van der Waals surface area contributed by atoms with Crippen LogP contribution in [0.2, 0.25) is 0 Å². The molecule has 2 aromatic rings. The molecule has 1 saturated heterocycles. The van der Waals surface area contributed by atoms with E-state index in [0.717, 1.165) is 31.3 Å². The van der Waals surface area contributed by atoms with Gasteiger partial charge in [-0.2, -0.15) is 0 Å². The molecule has 0 radical (unpaired) electrons. The molecule has 0 bridgehead atoms. The number of carbonyl (C=O) groups excluding carboxylic acids is 1. The van der Waals surface area contributed by atoms with Crippen LogP contribution in [0.4, 0.5) is 0 Å². The largest absolute Gasteiger partial charge is 0.338 e. The maximum absolute atomic E-state index is 12.8. The van der Waals surface area contributed by atoms with E-state index in [1.54, 1.807) is 31.3 Å². The molecular formula is C17H22N4O2. The number of piperidine rings is 1. The normalized spacial score (nSPS) is 16.7. The average Bonchev–Trinajstić information content (AvgIpc) is 2.57. The molecule has 0 N–H and O–H groups in total. The van der Waals surface area contributed by atoms with Gasteiger partial charge in [0.05, 0.1) is 0 Å². The molecule has 0 saturated carbocycles. The molecule has 0 unspecified atom stereocenters. The molecule has 0 aromatic carbocycles. The number of fused-ring (bicyclic) bond motifs is 1. The van der Waals surface area contributed by atoms with E-state index in [9.17, 15) is 9.59 Å². The fourth-order valence-corrected chi connectivity index (χ4v) is 3.19. The van der Waals surface area contributed by atoms with E-state index >= 15 is 0 Å². The van der Waals surface area contributed by atoms with Gasteiger partial charge < -0.3 is 9.80 Å². The molecule has 0 spiro atoms. The van der Waals surface area contributed by atoms with Crippen LogP contribution in [-0.4, -0.2) is 58.5 Å². The van der Waals surface area contributed by atoms with Crippen molar-refractivity contribution in [3.8, 4) is 0 Å². The first kappa shape index (κ1) is 15.7. The second-order valence-electron chi connectivity index (χ2n) is 6.29. The third-order valence-corrected chi connectivity index (χ3v) is 4.76. The Bertz CT molecular complexity index is 791. The molecule has 6 nitrogen and oxygen atoms in total. The zero-order chi connectivity index (χ0) is 16.6. The first-order valence-electron chi connectivity index (χ1n) is 7.89. The smallest absolute Gasteiger partial charge is 0.264 e. The Kier molecular flexibility index (Phi) is 4.17. The van der Waals surface area contributed by atoms with Gasteiger partial charge >= 0.3 is 0 Å². The second-order valence-corrected chi connectivity index (χ2v) is 6.29. The number of hydrogen-bond donors (Lipinski definition) is 0. The lowest BCUT2D eigenvalue weighted by atomic mass is 10.0. The highest BCUT2D eigenvalue weighted by atomic mass is 16.2. The van der Waals surface area contributed by atoms with Gasteiger partial charge in [-0.15, -0.1) is 0 Å². The molecule has 2 aromatic heterocycles. The van der Waals surface area contributed by atoms with Gasteiger partial charge in [-0.3, -0.25) is 14.2 Å². The van der Waals surface area contributed by atoms with Crippen LogP contribution in [0.3, 0.4) is 0 Å². The van der Waals surface area contributed by atoms with Crippen molar-refractivity contribution in [3.05, 3.63) is 40.3 Å². The number of aromatic nitrogens is 2. The first-order valence-corrected chi connectivity index (χ1v) is 7.89. The van der Waals surface area contributed by atoms with Crippen LogP contribution in [0.5, 0.6) is 0 Å². The standard InChI is InChI=1S/C17H22N4O2/c1-19-9-6-13(7-10-19)20(2)16(22)14-11-12-5-4-8-18-15(12)21(3)17(14)23/h4-5,8,11,13H,6-7,9-10H2,1-3H3. The number of nitrogens with zero attached hydrogens (tertiary/aromatic N) is 4. The number of rotatable bonds is 2. The Labute approximate surface area is 135 Å². The predicted octanol–water partition coefficient (Wildman–Crippen LogP) is 1.10. The van der Waals surface area contributed by atoms with Gasteiger partial charge in [0.2, 0.25) is 0 Å². The fraction of sp³-hybridized carbons (Fsp3) is 0.471. The van der Waals surface area contributed by atoms with Crippen LogP contribution in [0, 0.1) is 0 Å². The number of aryl methyl sites for hydroxylation is 1. The average molecular weight is 314 g/mol. The predicted molar refractivity (Wildman–Crippen MR) is 89.6 cm³/mol. The molecule has 1 amide bonds. The van der Waals surface area contributed by atoms with E-state index in [4.69, 9.17) is 0 Å². The van der Waals surface area contributed by atoms with E-state index in [1.165, 1.54) is 4.57 Å². The summed E-state index contributed by atoms with van der Waals surface area (Å²) in [6.45, 7) is 1.95. The molecule has 122 valence electrons. The van der Waals surface area contributed by atoms with Crippen LogP contribution in [0.15, 0.2) is 29.2 Å². The number of likely N-dealkylation sites (tertiary alicyclic amines) is 1. The Hall–Kier alpha value is -2.21. The second kappa shape index (κ2) is 6.12. The lowest BCUT2D eigenvalue weighted by Gasteiger charge is -2.35. The molecule has 6 heteroatoms. The highest BCUT2D eigenvalue weighted by molar-refractivity contribution is 5.96. The van der Waals surface area contributed by atoms with Crippen molar-refractivity contribution in [1.82, 2.24) is 19.4 Å². The third kappa shape index (κ3) is 2.86. The summed E-state index contributed by atoms with van der Waals surface area (Å²) in [4.78, 5) is 33.6. The molecule has 1 aliphatic heterocycles. The first-order chi connectivity index (χ1) is 11.0. The lowest BCUT2D eigenvalue weighted by molar-refractivity contribution is 0.0657. The quantitative estimate of drug-likeness (QED) is 0.833. The van der Waals surface area contributed by atoms with Gasteiger partial charge in [-0.25, -0.2) is 4.98 Å². The number of amides is 1. The molecule has 0 aliphatic carbocycles. The van der Waals surface area contributed by atoms with Gasteiger partial charge in [-0.1, -0.05) is 0 Å². The van der Waals surface area contributed by atoms with Gasteiger partial charge in [0.15, 0.2) is 0 Å². The van der Waals surface area contributed by atoms with Crippen LogP contribution in [0.25, 0.3) is 11.0 Å². The Balaban J connectivity index is 1.94. The van der Waals surface area contributed by atoms with Crippen molar-refractivity contribution < 1.29 is 4.79 Å². The summed E-state index contributed by atoms with van der Waals surface area (Å²) in [6.07, 6.45) is 3.52. The minimum atomic E-state index is -0.291. The number of pyridine rings is 2. The SMILES string of the molecule is CN1CCC(N(C)C(=O)c2cc3cccnc3n(C)c2=O)CC1. The van der Waals surface area contributed by atoms with E-state index in [2.05, 4.69) is 16.9 Å². The maximum atomic E-state index is 12.8. The summed E-state index contributed by atoms with van der Waals surface area (Å²) in [5.41, 5.74) is 0.520. The zero-order valence-corrected chi connectivity index (χ0v) is 13.8. The van der Waals surface area contributed by atoms with Crippen molar-refractivity contribution in [2.75, 3.05) is 27.2 Å². The molecule has 3 rings (SSSR count).